The highest BCUT2D eigenvalue weighted by atomic mass is 32.2. The number of aliphatic hydroxyl groups is 1. The van der Waals surface area contributed by atoms with Crippen molar-refractivity contribution in [2.45, 2.75) is 32.2 Å². The van der Waals surface area contributed by atoms with Crippen LogP contribution in [0.4, 0.5) is 0 Å². The van der Waals surface area contributed by atoms with Gasteiger partial charge in [-0.1, -0.05) is 0 Å². The standard InChI is InChI=1S/C12H19N3OS/c16-7-10-1-2-11-13-14-12(15(11)6-10)5-9-3-4-17-8-9/h9-10,16H,1-8H2. The predicted octanol–water partition coefficient (Wildman–Crippen LogP) is 1.13. The summed E-state index contributed by atoms with van der Waals surface area (Å²) in [6, 6.07) is 0. The van der Waals surface area contributed by atoms with Crippen LogP contribution in [-0.2, 0) is 19.4 Å². The predicted molar refractivity (Wildman–Crippen MR) is 68.1 cm³/mol. The maximum absolute atomic E-state index is 9.27. The fourth-order valence-electron chi connectivity index (χ4n) is 2.75. The van der Waals surface area contributed by atoms with Gasteiger partial charge in [0.05, 0.1) is 0 Å². The zero-order valence-corrected chi connectivity index (χ0v) is 10.8. The molecule has 1 aromatic rings. The average molecular weight is 253 g/mol. The molecule has 1 fully saturated rings. The summed E-state index contributed by atoms with van der Waals surface area (Å²) < 4.78 is 2.26. The summed E-state index contributed by atoms with van der Waals surface area (Å²) in [5.41, 5.74) is 0. The zero-order valence-electron chi connectivity index (χ0n) is 10.0. The number of hydrogen-bond acceptors (Lipinski definition) is 4. The third kappa shape index (κ3) is 2.36. The van der Waals surface area contributed by atoms with Gasteiger partial charge in [0.15, 0.2) is 0 Å². The van der Waals surface area contributed by atoms with Crippen molar-refractivity contribution >= 4 is 11.8 Å². The fraction of sp³-hybridized carbons (Fsp3) is 0.833. The van der Waals surface area contributed by atoms with Gasteiger partial charge in [-0.3, -0.25) is 0 Å². The molecule has 94 valence electrons. The minimum Gasteiger partial charge on any atom is -0.396 e. The number of nitrogens with zero attached hydrogens (tertiary/aromatic N) is 3. The van der Waals surface area contributed by atoms with Crippen LogP contribution in [0.15, 0.2) is 0 Å². The number of aryl methyl sites for hydroxylation is 1. The molecule has 3 rings (SSSR count). The molecule has 17 heavy (non-hydrogen) atoms. The van der Waals surface area contributed by atoms with E-state index in [4.69, 9.17) is 0 Å². The molecule has 0 spiro atoms. The minimum atomic E-state index is 0.288. The molecule has 2 aliphatic rings. The Kier molecular flexibility index (Phi) is 3.38. The summed E-state index contributed by atoms with van der Waals surface area (Å²) in [5.74, 6) is 6.01. The molecule has 0 amide bonds. The Morgan fingerprint density at radius 3 is 3.00 bits per heavy atom. The minimum absolute atomic E-state index is 0.288. The lowest BCUT2D eigenvalue weighted by atomic mass is 9.99. The molecule has 1 N–H and O–H groups in total. The lowest BCUT2D eigenvalue weighted by molar-refractivity contribution is 0.189. The highest BCUT2D eigenvalue weighted by Gasteiger charge is 2.25. The van der Waals surface area contributed by atoms with Crippen LogP contribution in [0.2, 0.25) is 0 Å². The van der Waals surface area contributed by atoms with Crippen LogP contribution in [-0.4, -0.2) is 38.0 Å². The van der Waals surface area contributed by atoms with Crippen molar-refractivity contribution in [1.82, 2.24) is 14.8 Å². The number of hydrogen-bond donors (Lipinski definition) is 1. The van der Waals surface area contributed by atoms with Crippen molar-refractivity contribution in [3.8, 4) is 0 Å². The van der Waals surface area contributed by atoms with Crippen LogP contribution in [0.3, 0.4) is 0 Å². The maximum atomic E-state index is 9.27. The molecule has 0 bridgehead atoms. The molecule has 0 aliphatic carbocycles. The van der Waals surface area contributed by atoms with Gasteiger partial charge >= 0.3 is 0 Å². The van der Waals surface area contributed by atoms with E-state index in [1.807, 2.05) is 11.8 Å². The molecule has 0 aromatic carbocycles. The summed E-state index contributed by atoms with van der Waals surface area (Å²) in [6.07, 6.45) is 4.40. The Morgan fingerprint density at radius 1 is 1.29 bits per heavy atom. The second-order valence-electron chi connectivity index (χ2n) is 5.16. The zero-order chi connectivity index (χ0) is 11.7. The van der Waals surface area contributed by atoms with E-state index in [9.17, 15) is 5.11 Å². The van der Waals surface area contributed by atoms with Crippen molar-refractivity contribution in [3.05, 3.63) is 11.6 Å². The first-order chi connectivity index (χ1) is 8.36. The summed E-state index contributed by atoms with van der Waals surface area (Å²) >= 11 is 2.05. The maximum Gasteiger partial charge on any atom is 0.133 e. The van der Waals surface area contributed by atoms with Gasteiger partial charge in [-0.2, -0.15) is 11.8 Å². The Labute approximate surface area is 106 Å². The smallest absolute Gasteiger partial charge is 0.133 e. The highest BCUT2D eigenvalue weighted by molar-refractivity contribution is 7.99. The number of rotatable bonds is 3. The van der Waals surface area contributed by atoms with Gasteiger partial charge in [0.2, 0.25) is 0 Å². The molecule has 1 saturated heterocycles. The van der Waals surface area contributed by atoms with Crippen molar-refractivity contribution in [2.75, 3.05) is 18.1 Å². The number of fused-ring (bicyclic) bond motifs is 1. The van der Waals surface area contributed by atoms with E-state index in [2.05, 4.69) is 14.8 Å². The van der Waals surface area contributed by atoms with E-state index in [1.165, 1.54) is 17.9 Å². The average Bonchev–Trinajstić information content (AvgIpc) is 2.99. The topological polar surface area (TPSA) is 50.9 Å². The van der Waals surface area contributed by atoms with E-state index in [0.717, 1.165) is 43.4 Å². The van der Waals surface area contributed by atoms with E-state index >= 15 is 0 Å². The Hall–Kier alpha value is -0.550. The summed E-state index contributed by atoms with van der Waals surface area (Å²) in [6.45, 7) is 1.20. The van der Waals surface area contributed by atoms with Crippen LogP contribution in [0.1, 0.15) is 24.5 Å². The summed E-state index contributed by atoms with van der Waals surface area (Å²) in [7, 11) is 0. The lowest BCUT2D eigenvalue weighted by Crippen LogP contribution is -2.25. The van der Waals surface area contributed by atoms with Gasteiger partial charge in [0.1, 0.15) is 11.6 Å². The van der Waals surface area contributed by atoms with Crippen LogP contribution in [0, 0.1) is 11.8 Å². The van der Waals surface area contributed by atoms with E-state index in [-0.39, 0.29) is 6.61 Å². The molecule has 2 atom stereocenters. The SMILES string of the molecule is OCC1CCc2nnc(CC3CCSC3)n2C1. The van der Waals surface area contributed by atoms with Gasteiger partial charge in [0.25, 0.3) is 0 Å². The molecule has 5 heteroatoms. The largest absolute Gasteiger partial charge is 0.396 e. The van der Waals surface area contributed by atoms with Crippen molar-refractivity contribution in [2.24, 2.45) is 11.8 Å². The number of thioether (sulfide) groups is 1. The van der Waals surface area contributed by atoms with Crippen molar-refractivity contribution in [3.63, 3.8) is 0 Å². The Bertz CT molecular complexity index is 387. The fourth-order valence-corrected chi connectivity index (χ4v) is 4.04. The van der Waals surface area contributed by atoms with E-state index in [0.29, 0.717) is 5.92 Å². The third-order valence-electron chi connectivity index (χ3n) is 3.87. The van der Waals surface area contributed by atoms with Gasteiger partial charge in [-0.05, 0) is 30.3 Å². The Morgan fingerprint density at radius 2 is 2.24 bits per heavy atom. The van der Waals surface area contributed by atoms with Gasteiger partial charge in [-0.25, -0.2) is 0 Å². The molecular weight excluding hydrogens is 234 g/mol. The molecule has 2 aliphatic heterocycles. The highest BCUT2D eigenvalue weighted by Crippen LogP contribution is 2.27. The molecule has 2 unspecified atom stereocenters. The first-order valence-electron chi connectivity index (χ1n) is 6.46. The van der Waals surface area contributed by atoms with Crippen molar-refractivity contribution in [1.29, 1.82) is 0 Å². The second-order valence-corrected chi connectivity index (χ2v) is 6.31. The van der Waals surface area contributed by atoms with E-state index < -0.39 is 0 Å². The van der Waals surface area contributed by atoms with Crippen LogP contribution in [0.25, 0.3) is 0 Å². The van der Waals surface area contributed by atoms with Crippen LogP contribution >= 0.6 is 11.8 Å². The molecule has 0 saturated carbocycles. The van der Waals surface area contributed by atoms with Gasteiger partial charge in [0, 0.05) is 31.9 Å². The Balaban J connectivity index is 1.74. The number of aliphatic hydroxyl groups excluding tert-OH is 1. The van der Waals surface area contributed by atoms with Crippen molar-refractivity contribution < 1.29 is 5.11 Å². The molecular formula is C12H19N3OS. The normalized spacial score (nSPS) is 28.3. The van der Waals surface area contributed by atoms with Crippen LogP contribution < -0.4 is 0 Å². The third-order valence-corrected chi connectivity index (χ3v) is 5.11. The van der Waals surface area contributed by atoms with Gasteiger partial charge < -0.3 is 9.67 Å². The lowest BCUT2D eigenvalue weighted by Gasteiger charge is -2.23. The second kappa shape index (κ2) is 4.98. The molecule has 1 aromatic heterocycles. The number of aromatic nitrogens is 3. The first-order valence-corrected chi connectivity index (χ1v) is 7.62. The monoisotopic (exact) mass is 253 g/mol. The molecule has 4 nitrogen and oxygen atoms in total. The van der Waals surface area contributed by atoms with Crippen LogP contribution in [0.5, 0.6) is 0 Å². The quantitative estimate of drug-likeness (QED) is 0.877. The summed E-state index contributed by atoms with van der Waals surface area (Å²) in [4.78, 5) is 0. The van der Waals surface area contributed by atoms with E-state index in [1.54, 1.807) is 0 Å². The molecule has 0 radical (unpaired) electrons. The van der Waals surface area contributed by atoms with Gasteiger partial charge in [-0.15, -0.1) is 10.2 Å². The first kappa shape index (κ1) is 11.5. The summed E-state index contributed by atoms with van der Waals surface area (Å²) in [5, 5.41) is 17.9. The molecule has 3 heterocycles.